The van der Waals surface area contributed by atoms with Crippen molar-refractivity contribution in [1.82, 2.24) is 10.2 Å². The zero-order chi connectivity index (χ0) is 12.8. The number of nitrogens with one attached hydrogen (secondary N) is 1. The molecule has 0 bridgehead atoms. The van der Waals surface area contributed by atoms with Gasteiger partial charge in [0.25, 0.3) is 0 Å². The Kier molecular flexibility index (Phi) is 5.45. The van der Waals surface area contributed by atoms with Gasteiger partial charge < -0.3 is 15.0 Å². The maximum atomic E-state index is 5.38. The van der Waals surface area contributed by atoms with E-state index in [9.17, 15) is 0 Å². The molecule has 0 aliphatic heterocycles. The number of methoxy groups -OCH3 is 1. The van der Waals surface area contributed by atoms with Crippen molar-refractivity contribution in [2.75, 3.05) is 34.3 Å². The third-order valence-electron chi connectivity index (χ3n) is 2.92. The quantitative estimate of drug-likeness (QED) is 0.817. The summed E-state index contributed by atoms with van der Waals surface area (Å²) in [6.45, 7) is 7.25. The molecule has 17 heavy (non-hydrogen) atoms. The number of likely N-dealkylation sites (N-methyl/N-ethyl adjacent to an activating group) is 2. The molecule has 0 unspecified atom stereocenters. The highest BCUT2D eigenvalue weighted by atomic mass is 16.5. The van der Waals surface area contributed by atoms with Crippen molar-refractivity contribution in [3.63, 3.8) is 0 Å². The lowest BCUT2D eigenvalue weighted by atomic mass is 10.1. The van der Waals surface area contributed by atoms with Crippen LogP contribution in [0.4, 0.5) is 0 Å². The average Bonchev–Trinajstić information content (AvgIpc) is 2.26. The molecule has 0 atom stereocenters. The summed E-state index contributed by atoms with van der Waals surface area (Å²) in [5.41, 5.74) is 3.77. The van der Waals surface area contributed by atoms with Crippen LogP contribution in [0.5, 0.6) is 5.75 Å². The van der Waals surface area contributed by atoms with Gasteiger partial charge in [-0.3, -0.25) is 0 Å². The minimum Gasteiger partial charge on any atom is -0.496 e. The number of benzene rings is 1. The normalized spacial score (nSPS) is 10.9. The lowest BCUT2D eigenvalue weighted by Gasteiger charge is -2.18. The number of hydrogen-bond acceptors (Lipinski definition) is 3. The van der Waals surface area contributed by atoms with E-state index in [2.05, 4.69) is 43.2 Å². The Hall–Kier alpha value is -1.06. The van der Waals surface area contributed by atoms with Gasteiger partial charge in [0.2, 0.25) is 0 Å². The standard InChI is InChI=1S/C14H24N2O/c1-11-8-13(9-12(2)14(11)17-5)10-16(4)7-6-15-3/h8-9,15H,6-7,10H2,1-5H3. The molecule has 0 heterocycles. The van der Waals surface area contributed by atoms with E-state index in [0.717, 1.165) is 25.4 Å². The minimum atomic E-state index is 0.980. The highest BCUT2D eigenvalue weighted by Crippen LogP contribution is 2.24. The van der Waals surface area contributed by atoms with Gasteiger partial charge in [-0.25, -0.2) is 0 Å². The van der Waals surface area contributed by atoms with Crippen LogP contribution in [0, 0.1) is 13.8 Å². The lowest BCUT2D eigenvalue weighted by Crippen LogP contribution is -2.27. The van der Waals surface area contributed by atoms with E-state index in [1.807, 2.05) is 7.05 Å². The van der Waals surface area contributed by atoms with E-state index < -0.39 is 0 Å². The highest BCUT2D eigenvalue weighted by molar-refractivity contribution is 5.43. The second-order valence-electron chi connectivity index (χ2n) is 4.60. The molecule has 1 aromatic carbocycles. The molecule has 3 heteroatoms. The monoisotopic (exact) mass is 236 g/mol. The first kappa shape index (κ1) is 14.0. The molecule has 0 aliphatic carbocycles. The molecule has 0 spiro atoms. The number of ether oxygens (including phenoxy) is 1. The van der Waals surface area contributed by atoms with Crippen LogP contribution in [0.25, 0.3) is 0 Å². The molecule has 3 nitrogen and oxygen atoms in total. The van der Waals surface area contributed by atoms with Gasteiger partial charge in [-0.15, -0.1) is 0 Å². The molecule has 1 N–H and O–H groups in total. The Labute approximate surface area is 105 Å². The molecular weight excluding hydrogens is 212 g/mol. The predicted octanol–water partition coefficient (Wildman–Crippen LogP) is 1.96. The summed E-state index contributed by atoms with van der Waals surface area (Å²) < 4.78 is 5.38. The molecule has 1 rings (SSSR count). The largest absolute Gasteiger partial charge is 0.496 e. The Morgan fingerprint density at radius 3 is 2.29 bits per heavy atom. The van der Waals surface area contributed by atoms with E-state index in [1.165, 1.54) is 16.7 Å². The van der Waals surface area contributed by atoms with Crippen LogP contribution in [0.1, 0.15) is 16.7 Å². The van der Waals surface area contributed by atoms with Crippen LogP contribution in [0.2, 0.25) is 0 Å². The summed E-state index contributed by atoms with van der Waals surface area (Å²) in [5.74, 6) is 1.01. The predicted molar refractivity (Wildman–Crippen MR) is 72.7 cm³/mol. The van der Waals surface area contributed by atoms with Crippen LogP contribution < -0.4 is 10.1 Å². The molecular formula is C14H24N2O. The zero-order valence-corrected chi connectivity index (χ0v) is 11.6. The van der Waals surface area contributed by atoms with E-state index in [4.69, 9.17) is 4.74 Å². The third kappa shape index (κ3) is 4.02. The van der Waals surface area contributed by atoms with E-state index in [1.54, 1.807) is 7.11 Å². The molecule has 0 aliphatic rings. The van der Waals surface area contributed by atoms with Gasteiger partial charge in [-0.2, -0.15) is 0 Å². The fraction of sp³-hybridized carbons (Fsp3) is 0.571. The fourth-order valence-electron chi connectivity index (χ4n) is 2.15. The van der Waals surface area contributed by atoms with Gasteiger partial charge in [-0.1, -0.05) is 12.1 Å². The summed E-state index contributed by atoms with van der Waals surface area (Å²) in [6, 6.07) is 4.42. The summed E-state index contributed by atoms with van der Waals surface area (Å²) in [5, 5.41) is 3.16. The first-order valence-corrected chi connectivity index (χ1v) is 6.05. The summed E-state index contributed by atoms with van der Waals surface area (Å²) in [4.78, 5) is 2.32. The first-order valence-electron chi connectivity index (χ1n) is 6.05. The fourth-order valence-corrected chi connectivity index (χ4v) is 2.15. The van der Waals surface area contributed by atoms with Gasteiger partial charge in [0.05, 0.1) is 7.11 Å². The van der Waals surface area contributed by atoms with Crippen molar-refractivity contribution in [3.05, 3.63) is 28.8 Å². The second kappa shape index (κ2) is 6.62. The average molecular weight is 236 g/mol. The Morgan fingerprint density at radius 2 is 1.82 bits per heavy atom. The molecule has 0 radical (unpaired) electrons. The summed E-state index contributed by atoms with van der Waals surface area (Å²) in [6.07, 6.45) is 0. The molecule has 0 fully saturated rings. The minimum absolute atomic E-state index is 0.980. The maximum Gasteiger partial charge on any atom is 0.124 e. The molecule has 0 amide bonds. The van der Waals surface area contributed by atoms with E-state index >= 15 is 0 Å². The van der Waals surface area contributed by atoms with Crippen LogP contribution in [0.3, 0.4) is 0 Å². The maximum absolute atomic E-state index is 5.38. The number of aryl methyl sites for hydroxylation is 2. The topological polar surface area (TPSA) is 24.5 Å². The molecule has 0 aromatic heterocycles. The Balaban J connectivity index is 2.72. The van der Waals surface area contributed by atoms with Crippen LogP contribution >= 0.6 is 0 Å². The van der Waals surface area contributed by atoms with Gasteiger partial charge >= 0.3 is 0 Å². The van der Waals surface area contributed by atoms with Crippen molar-refractivity contribution in [2.45, 2.75) is 20.4 Å². The van der Waals surface area contributed by atoms with Crippen molar-refractivity contribution in [2.24, 2.45) is 0 Å². The molecule has 1 aromatic rings. The molecule has 0 saturated carbocycles. The zero-order valence-electron chi connectivity index (χ0n) is 11.6. The third-order valence-corrected chi connectivity index (χ3v) is 2.92. The second-order valence-corrected chi connectivity index (χ2v) is 4.60. The van der Waals surface area contributed by atoms with Crippen molar-refractivity contribution in [3.8, 4) is 5.75 Å². The van der Waals surface area contributed by atoms with Crippen LogP contribution in [-0.4, -0.2) is 39.2 Å². The van der Waals surface area contributed by atoms with Crippen LogP contribution in [0.15, 0.2) is 12.1 Å². The van der Waals surface area contributed by atoms with Crippen molar-refractivity contribution < 1.29 is 4.74 Å². The van der Waals surface area contributed by atoms with Gasteiger partial charge in [0.15, 0.2) is 0 Å². The smallest absolute Gasteiger partial charge is 0.124 e. The number of rotatable bonds is 6. The lowest BCUT2D eigenvalue weighted by molar-refractivity contribution is 0.327. The van der Waals surface area contributed by atoms with Gasteiger partial charge in [0, 0.05) is 19.6 Å². The Bertz CT molecular complexity index is 340. The van der Waals surface area contributed by atoms with Crippen LogP contribution in [-0.2, 0) is 6.54 Å². The van der Waals surface area contributed by atoms with E-state index in [0.29, 0.717) is 0 Å². The summed E-state index contributed by atoms with van der Waals surface area (Å²) >= 11 is 0. The highest BCUT2D eigenvalue weighted by Gasteiger charge is 2.06. The van der Waals surface area contributed by atoms with E-state index in [-0.39, 0.29) is 0 Å². The van der Waals surface area contributed by atoms with Crippen molar-refractivity contribution >= 4 is 0 Å². The SMILES string of the molecule is CNCCN(C)Cc1cc(C)c(OC)c(C)c1. The number of hydrogen-bond donors (Lipinski definition) is 1. The van der Waals surface area contributed by atoms with Gasteiger partial charge in [0.1, 0.15) is 5.75 Å². The van der Waals surface area contributed by atoms with Crippen molar-refractivity contribution in [1.29, 1.82) is 0 Å². The first-order chi connectivity index (χ1) is 8.08. The summed E-state index contributed by atoms with van der Waals surface area (Å²) in [7, 11) is 5.86. The Morgan fingerprint density at radius 1 is 1.24 bits per heavy atom. The molecule has 96 valence electrons. The number of nitrogens with zero attached hydrogens (tertiary/aromatic N) is 1. The molecule has 0 saturated heterocycles. The van der Waals surface area contributed by atoms with Gasteiger partial charge in [-0.05, 0) is 44.6 Å².